The van der Waals surface area contributed by atoms with Gasteiger partial charge in [0.05, 0.1) is 5.52 Å². The van der Waals surface area contributed by atoms with Crippen molar-refractivity contribution in [3.05, 3.63) is 100 Å². The maximum absolute atomic E-state index is 12.2. The molecule has 0 spiro atoms. The fraction of sp³-hybridized carbons (Fsp3) is 0.214. The van der Waals surface area contributed by atoms with Crippen molar-refractivity contribution in [2.24, 2.45) is 0 Å². The molecule has 1 aliphatic heterocycles. The largest absolute Gasteiger partial charge is 0.369 e. The van der Waals surface area contributed by atoms with Crippen molar-refractivity contribution in [2.75, 3.05) is 31.1 Å². The van der Waals surface area contributed by atoms with E-state index in [-0.39, 0.29) is 5.69 Å². The molecule has 2 aromatic heterocycles. The zero-order valence-corrected chi connectivity index (χ0v) is 19.2. The second kappa shape index (κ2) is 8.47. The Morgan fingerprint density at radius 3 is 2.47 bits per heavy atom. The number of anilines is 1. The van der Waals surface area contributed by atoms with Gasteiger partial charge >= 0.3 is 5.69 Å². The first-order valence-corrected chi connectivity index (χ1v) is 11.8. The minimum absolute atomic E-state index is 0.212. The molecule has 6 rings (SSSR count). The number of nitrogens with zero attached hydrogens (tertiary/aromatic N) is 4. The Bertz CT molecular complexity index is 1520. The van der Waals surface area contributed by atoms with Gasteiger partial charge in [-0.05, 0) is 53.4 Å². The molecule has 0 saturated carbocycles. The standard InChI is InChI=1S/C28H27N5O/c1-20-5-4-6-23(17-20)32-15-13-31(14-16-32)19-21-9-11-22(12-10-21)25-18-27-29-30-28(34)33(27)26-8-3-2-7-24(25)26/h2-12,17-18H,13-16,19H2,1H3,(H,30,34). The third-order valence-corrected chi connectivity index (χ3v) is 6.82. The van der Waals surface area contributed by atoms with E-state index in [1.54, 1.807) is 4.40 Å². The minimum atomic E-state index is -0.212. The van der Waals surface area contributed by atoms with E-state index in [0.717, 1.165) is 54.8 Å². The van der Waals surface area contributed by atoms with Crippen LogP contribution in [-0.2, 0) is 6.54 Å². The predicted molar refractivity (Wildman–Crippen MR) is 137 cm³/mol. The normalized spacial score (nSPS) is 14.8. The number of aromatic nitrogens is 3. The molecule has 3 heterocycles. The van der Waals surface area contributed by atoms with Crippen LogP contribution in [-0.4, -0.2) is 45.7 Å². The number of hydrogen-bond acceptors (Lipinski definition) is 4. The molecule has 6 nitrogen and oxygen atoms in total. The van der Waals surface area contributed by atoms with Gasteiger partial charge in [-0.25, -0.2) is 14.3 Å². The maximum atomic E-state index is 12.2. The van der Waals surface area contributed by atoms with Crippen LogP contribution in [0.15, 0.2) is 83.7 Å². The highest BCUT2D eigenvalue weighted by Crippen LogP contribution is 2.30. The fourth-order valence-corrected chi connectivity index (χ4v) is 5.02. The van der Waals surface area contributed by atoms with Crippen LogP contribution in [0.3, 0.4) is 0 Å². The first-order chi connectivity index (χ1) is 16.7. The van der Waals surface area contributed by atoms with Crippen LogP contribution >= 0.6 is 0 Å². The average Bonchev–Trinajstić information content (AvgIpc) is 3.25. The van der Waals surface area contributed by atoms with Crippen molar-refractivity contribution in [3.63, 3.8) is 0 Å². The number of benzene rings is 3. The number of rotatable bonds is 4. The highest BCUT2D eigenvalue weighted by molar-refractivity contribution is 5.97. The summed E-state index contributed by atoms with van der Waals surface area (Å²) in [6.07, 6.45) is 0. The maximum Gasteiger partial charge on any atom is 0.348 e. The van der Waals surface area contributed by atoms with Crippen molar-refractivity contribution in [3.8, 4) is 11.1 Å². The monoisotopic (exact) mass is 449 g/mol. The molecule has 0 aliphatic carbocycles. The topological polar surface area (TPSA) is 56.6 Å². The van der Waals surface area contributed by atoms with E-state index >= 15 is 0 Å². The molecule has 0 unspecified atom stereocenters. The highest BCUT2D eigenvalue weighted by Gasteiger charge is 2.18. The molecule has 6 heteroatoms. The van der Waals surface area contributed by atoms with Crippen molar-refractivity contribution in [1.82, 2.24) is 19.5 Å². The lowest BCUT2D eigenvalue weighted by molar-refractivity contribution is 0.250. The Morgan fingerprint density at radius 1 is 0.882 bits per heavy atom. The summed E-state index contributed by atoms with van der Waals surface area (Å²) in [7, 11) is 0. The number of fused-ring (bicyclic) bond motifs is 3. The number of aromatic amines is 1. The van der Waals surface area contributed by atoms with E-state index in [2.05, 4.69) is 81.5 Å². The van der Waals surface area contributed by atoms with Gasteiger partial charge in [0.1, 0.15) is 0 Å². The van der Waals surface area contributed by atoms with Crippen LogP contribution in [0.25, 0.3) is 27.7 Å². The molecule has 1 fully saturated rings. The molecule has 1 aliphatic rings. The quantitative estimate of drug-likeness (QED) is 0.440. The number of H-pyrrole nitrogens is 1. The van der Waals surface area contributed by atoms with Gasteiger partial charge in [0.25, 0.3) is 0 Å². The smallest absolute Gasteiger partial charge is 0.348 e. The Balaban J connectivity index is 1.20. The lowest BCUT2D eigenvalue weighted by Gasteiger charge is -2.36. The van der Waals surface area contributed by atoms with E-state index in [4.69, 9.17) is 0 Å². The van der Waals surface area contributed by atoms with E-state index in [0.29, 0.717) is 5.65 Å². The lowest BCUT2D eigenvalue weighted by Crippen LogP contribution is -2.45. The van der Waals surface area contributed by atoms with Gasteiger partial charge in [-0.15, -0.1) is 0 Å². The summed E-state index contributed by atoms with van der Waals surface area (Å²) in [6, 6.07) is 27.6. The van der Waals surface area contributed by atoms with E-state index in [1.807, 2.05) is 24.3 Å². The fourth-order valence-electron chi connectivity index (χ4n) is 5.02. The van der Waals surface area contributed by atoms with E-state index in [9.17, 15) is 4.79 Å². The summed E-state index contributed by atoms with van der Waals surface area (Å²) in [5.41, 5.74) is 7.45. The zero-order valence-electron chi connectivity index (χ0n) is 19.2. The van der Waals surface area contributed by atoms with Gasteiger partial charge in [-0.1, -0.05) is 54.6 Å². The molecule has 0 amide bonds. The Kier molecular flexibility index (Phi) is 5.15. The van der Waals surface area contributed by atoms with Crippen LogP contribution in [0.1, 0.15) is 11.1 Å². The summed E-state index contributed by atoms with van der Waals surface area (Å²) >= 11 is 0. The van der Waals surface area contributed by atoms with Gasteiger partial charge in [0.15, 0.2) is 5.65 Å². The van der Waals surface area contributed by atoms with Crippen molar-refractivity contribution < 1.29 is 0 Å². The third kappa shape index (κ3) is 3.76. The molecule has 0 radical (unpaired) electrons. The minimum Gasteiger partial charge on any atom is -0.369 e. The second-order valence-corrected chi connectivity index (χ2v) is 9.10. The first-order valence-electron chi connectivity index (χ1n) is 11.8. The van der Waals surface area contributed by atoms with Gasteiger partial charge in [-0.2, -0.15) is 5.10 Å². The van der Waals surface area contributed by atoms with Gasteiger partial charge in [-0.3, -0.25) is 4.90 Å². The summed E-state index contributed by atoms with van der Waals surface area (Å²) in [4.78, 5) is 17.2. The van der Waals surface area contributed by atoms with E-state index < -0.39 is 0 Å². The molecule has 3 aromatic carbocycles. The molecule has 170 valence electrons. The lowest BCUT2D eigenvalue weighted by atomic mass is 9.99. The number of aryl methyl sites for hydroxylation is 1. The second-order valence-electron chi connectivity index (χ2n) is 9.10. The zero-order chi connectivity index (χ0) is 23.1. The molecule has 1 N–H and O–H groups in total. The number of pyridine rings is 1. The number of hydrogen-bond donors (Lipinski definition) is 1. The summed E-state index contributed by atoms with van der Waals surface area (Å²) in [5.74, 6) is 0. The number of para-hydroxylation sites is 1. The number of piperazine rings is 1. The Morgan fingerprint density at radius 2 is 1.68 bits per heavy atom. The van der Waals surface area contributed by atoms with Gasteiger partial charge in [0, 0.05) is 43.8 Å². The SMILES string of the molecule is Cc1cccc(N2CCN(Cc3ccc(-c4cc5n[nH]c(=O)n5c5ccccc45)cc3)CC2)c1. The molecule has 1 saturated heterocycles. The molecular weight excluding hydrogens is 422 g/mol. The van der Waals surface area contributed by atoms with Crippen LogP contribution in [0.2, 0.25) is 0 Å². The summed E-state index contributed by atoms with van der Waals surface area (Å²) in [6.45, 7) is 7.33. The average molecular weight is 450 g/mol. The van der Waals surface area contributed by atoms with Crippen molar-refractivity contribution in [1.29, 1.82) is 0 Å². The Labute approximate surface area is 198 Å². The predicted octanol–water partition coefficient (Wildman–Crippen LogP) is 4.47. The molecule has 5 aromatic rings. The van der Waals surface area contributed by atoms with Crippen LogP contribution in [0, 0.1) is 6.92 Å². The first kappa shape index (κ1) is 20.7. The van der Waals surface area contributed by atoms with Crippen molar-refractivity contribution >= 4 is 22.2 Å². The van der Waals surface area contributed by atoms with Crippen LogP contribution in [0.4, 0.5) is 5.69 Å². The third-order valence-electron chi connectivity index (χ3n) is 6.82. The summed E-state index contributed by atoms with van der Waals surface area (Å²) < 4.78 is 1.63. The number of nitrogens with one attached hydrogen (secondary N) is 1. The highest BCUT2D eigenvalue weighted by atomic mass is 16.1. The molecular formula is C28H27N5O. The molecule has 0 atom stereocenters. The summed E-state index contributed by atoms with van der Waals surface area (Å²) in [5, 5.41) is 7.80. The van der Waals surface area contributed by atoms with E-state index in [1.165, 1.54) is 16.8 Å². The molecule has 34 heavy (non-hydrogen) atoms. The van der Waals surface area contributed by atoms with Gasteiger partial charge < -0.3 is 4.90 Å². The van der Waals surface area contributed by atoms with Crippen molar-refractivity contribution in [2.45, 2.75) is 13.5 Å². The molecule has 0 bridgehead atoms. The van der Waals surface area contributed by atoms with Gasteiger partial charge in [0.2, 0.25) is 0 Å². The Hall–Kier alpha value is -3.90. The van der Waals surface area contributed by atoms with Crippen LogP contribution < -0.4 is 10.6 Å². The van der Waals surface area contributed by atoms with Crippen LogP contribution in [0.5, 0.6) is 0 Å².